The summed E-state index contributed by atoms with van der Waals surface area (Å²) in [7, 11) is 3.13. The number of piperazine rings is 1. The Morgan fingerprint density at radius 1 is 1.07 bits per heavy atom. The number of amides is 2. The number of urea groups is 1. The summed E-state index contributed by atoms with van der Waals surface area (Å²) in [4.78, 5) is 16.5. The highest BCUT2D eigenvalue weighted by Gasteiger charge is 2.23. The van der Waals surface area contributed by atoms with Crippen LogP contribution in [0.3, 0.4) is 0 Å². The minimum atomic E-state index is -0.174. The van der Waals surface area contributed by atoms with E-state index in [1.807, 2.05) is 24.3 Å². The lowest BCUT2D eigenvalue weighted by atomic mass is 10.1. The van der Waals surface area contributed by atoms with Crippen LogP contribution in [0.1, 0.15) is 5.56 Å². The molecule has 0 bridgehead atoms. The summed E-state index contributed by atoms with van der Waals surface area (Å²) in [6, 6.07) is 14.8. The van der Waals surface area contributed by atoms with Crippen molar-refractivity contribution in [1.82, 2.24) is 4.90 Å². The monoisotopic (exact) mass is 366 g/mol. The maximum atomic E-state index is 12.6. The van der Waals surface area contributed by atoms with Gasteiger partial charge in [-0.2, -0.15) is 5.26 Å². The Morgan fingerprint density at radius 2 is 1.81 bits per heavy atom. The van der Waals surface area contributed by atoms with Crippen molar-refractivity contribution in [3.05, 3.63) is 48.0 Å². The van der Waals surface area contributed by atoms with Gasteiger partial charge < -0.3 is 24.6 Å². The van der Waals surface area contributed by atoms with Crippen molar-refractivity contribution in [3.8, 4) is 17.6 Å². The molecule has 0 atom stereocenters. The Balaban J connectivity index is 1.63. The number of rotatable bonds is 4. The van der Waals surface area contributed by atoms with Gasteiger partial charge in [-0.05, 0) is 24.3 Å². The van der Waals surface area contributed by atoms with Crippen LogP contribution in [0.2, 0.25) is 0 Å². The first-order valence-corrected chi connectivity index (χ1v) is 8.68. The average molecular weight is 366 g/mol. The van der Waals surface area contributed by atoms with Crippen LogP contribution in [0.4, 0.5) is 16.2 Å². The highest BCUT2D eigenvalue weighted by molar-refractivity contribution is 5.91. The number of nitrogens with one attached hydrogen (secondary N) is 1. The highest BCUT2D eigenvalue weighted by atomic mass is 16.5. The smallest absolute Gasteiger partial charge is 0.322 e. The molecule has 2 aromatic carbocycles. The fourth-order valence-electron chi connectivity index (χ4n) is 3.09. The Morgan fingerprint density at radius 3 is 2.48 bits per heavy atom. The molecule has 1 N–H and O–H groups in total. The van der Waals surface area contributed by atoms with E-state index in [4.69, 9.17) is 9.47 Å². The first-order valence-electron chi connectivity index (χ1n) is 8.68. The number of methoxy groups -OCH3 is 2. The standard InChI is InChI=1S/C20H22N4O3/c1-26-16-7-8-17(19(13-16)27-2)22-20(25)24-11-9-23(10-12-24)18-6-4-3-5-15(18)14-21/h3-8,13H,9-12H2,1-2H3,(H,22,25). The molecule has 1 aliphatic rings. The van der Waals surface area contributed by atoms with Crippen LogP contribution in [0.25, 0.3) is 0 Å². The summed E-state index contributed by atoms with van der Waals surface area (Å²) < 4.78 is 10.5. The van der Waals surface area contributed by atoms with Crippen molar-refractivity contribution in [2.24, 2.45) is 0 Å². The average Bonchev–Trinajstić information content (AvgIpc) is 2.74. The van der Waals surface area contributed by atoms with E-state index in [2.05, 4.69) is 16.3 Å². The summed E-state index contributed by atoms with van der Waals surface area (Å²) in [6.07, 6.45) is 0. The van der Waals surface area contributed by atoms with Crippen LogP contribution in [-0.4, -0.2) is 51.3 Å². The minimum Gasteiger partial charge on any atom is -0.497 e. The molecule has 0 radical (unpaired) electrons. The van der Waals surface area contributed by atoms with E-state index in [1.54, 1.807) is 37.3 Å². The van der Waals surface area contributed by atoms with Crippen molar-refractivity contribution in [2.75, 3.05) is 50.6 Å². The van der Waals surface area contributed by atoms with Crippen LogP contribution in [0.5, 0.6) is 11.5 Å². The van der Waals surface area contributed by atoms with Gasteiger partial charge in [0.15, 0.2) is 0 Å². The Labute approximate surface area is 158 Å². The van der Waals surface area contributed by atoms with Crippen molar-refractivity contribution < 1.29 is 14.3 Å². The third kappa shape index (κ3) is 4.06. The molecule has 7 heteroatoms. The number of hydrogen-bond acceptors (Lipinski definition) is 5. The number of carbonyl (C=O) groups is 1. The van der Waals surface area contributed by atoms with Crippen LogP contribution < -0.4 is 19.7 Å². The van der Waals surface area contributed by atoms with Gasteiger partial charge in [0, 0.05) is 32.2 Å². The van der Waals surface area contributed by atoms with Gasteiger partial charge in [-0.15, -0.1) is 0 Å². The molecule has 1 heterocycles. The summed E-state index contributed by atoms with van der Waals surface area (Å²) in [6.45, 7) is 2.49. The molecule has 1 fully saturated rings. The first-order chi connectivity index (χ1) is 13.2. The molecule has 1 aliphatic heterocycles. The lowest BCUT2D eigenvalue weighted by Crippen LogP contribution is -2.50. The van der Waals surface area contributed by atoms with Gasteiger partial charge in [-0.3, -0.25) is 0 Å². The molecule has 1 saturated heterocycles. The predicted octanol–water partition coefficient (Wildman–Crippen LogP) is 2.93. The zero-order valence-corrected chi connectivity index (χ0v) is 15.4. The first kappa shape index (κ1) is 18.4. The van der Waals surface area contributed by atoms with Crippen LogP contribution in [0, 0.1) is 11.3 Å². The van der Waals surface area contributed by atoms with E-state index in [-0.39, 0.29) is 6.03 Å². The molecule has 0 aliphatic carbocycles. The quantitative estimate of drug-likeness (QED) is 0.900. The molecular formula is C20H22N4O3. The van der Waals surface area contributed by atoms with Gasteiger partial charge in [0.2, 0.25) is 0 Å². The molecule has 27 heavy (non-hydrogen) atoms. The number of para-hydroxylation sites is 1. The summed E-state index contributed by atoms with van der Waals surface area (Å²) in [5, 5.41) is 12.2. The molecule has 3 rings (SSSR count). The van der Waals surface area contributed by atoms with Gasteiger partial charge in [-0.25, -0.2) is 4.79 Å². The highest BCUT2D eigenvalue weighted by Crippen LogP contribution is 2.29. The zero-order chi connectivity index (χ0) is 19.2. The summed E-state index contributed by atoms with van der Waals surface area (Å²) >= 11 is 0. The van der Waals surface area contributed by atoms with E-state index in [0.29, 0.717) is 48.9 Å². The van der Waals surface area contributed by atoms with Gasteiger partial charge >= 0.3 is 6.03 Å². The molecule has 2 amide bonds. The predicted molar refractivity (Wildman–Crippen MR) is 104 cm³/mol. The molecule has 0 aromatic heterocycles. The van der Waals surface area contributed by atoms with Crippen molar-refractivity contribution >= 4 is 17.4 Å². The van der Waals surface area contributed by atoms with E-state index in [9.17, 15) is 10.1 Å². The molecular weight excluding hydrogens is 344 g/mol. The molecule has 7 nitrogen and oxygen atoms in total. The normalized spacial score (nSPS) is 13.7. The maximum Gasteiger partial charge on any atom is 0.322 e. The number of hydrogen-bond donors (Lipinski definition) is 1. The van der Waals surface area contributed by atoms with Crippen molar-refractivity contribution in [2.45, 2.75) is 0 Å². The molecule has 0 saturated carbocycles. The fourth-order valence-corrected chi connectivity index (χ4v) is 3.09. The Kier molecular flexibility index (Phi) is 5.67. The summed E-state index contributed by atoms with van der Waals surface area (Å²) in [5.41, 5.74) is 2.16. The van der Waals surface area contributed by atoms with Crippen molar-refractivity contribution in [1.29, 1.82) is 5.26 Å². The fraction of sp³-hybridized carbons (Fsp3) is 0.300. The Hall–Kier alpha value is -3.40. The lowest BCUT2D eigenvalue weighted by Gasteiger charge is -2.36. The number of nitrogens with zero attached hydrogens (tertiary/aromatic N) is 3. The number of ether oxygens (including phenoxy) is 2. The van der Waals surface area contributed by atoms with Crippen LogP contribution in [-0.2, 0) is 0 Å². The largest absolute Gasteiger partial charge is 0.497 e. The zero-order valence-electron chi connectivity index (χ0n) is 15.4. The number of benzene rings is 2. The molecule has 2 aromatic rings. The molecule has 0 spiro atoms. The minimum absolute atomic E-state index is 0.174. The van der Waals surface area contributed by atoms with Gasteiger partial charge in [0.1, 0.15) is 17.6 Å². The Bertz CT molecular complexity index is 855. The van der Waals surface area contributed by atoms with Crippen molar-refractivity contribution in [3.63, 3.8) is 0 Å². The van der Waals surface area contributed by atoms with Gasteiger partial charge in [0.05, 0.1) is 31.2 Å². The lowest BCUT2D eigenvalue weighted by molar-refractivity contribution is 0.208. The van der Waals surface area contributed by atoms with Gasteiger partial charge in [-0.1, -0.05) is 12.1 Å². The van der Waals surface area contributed by atoms with Crippen LogP contribution in [0.15, 0.2) is 42.5 Å². The molecule has 0 unspecified atom stereocenters. The number of carbonyl (C=O) groups excluding carboxylic acids is 1. The van der Waals surface area contributed by atoms with E-state index in [0.717, 1.165) is 5.69 Å². The second-order valence-electron chi connectivity index (χ2n) is 6.10. The van der Waals surface area contributed by atoms with E-state index >= 15 is 0 Å². The summed E-state index contributed by atoms with van der Waals surface area (Å²) in [5.74, 6) is 1.21. The molecule has 140 valence electrons. The third-order valence-electron chi connectivity index (χ3n) is 4.58. The number of nitriles is 1. The van der Waals surface area contributed by atoms with Crippen LogP contribution >= 0.6 is 0 Å². The topological polar surface area (TPSA) is 77.8 Å². The van der Waals surface area contributed by atoms with Gasteiger partial charge in [0.25, 0.3) is 0 Å². The maximum absolute atomic E-state index is 12.6. The third-order valence-corrected chi connectivity index (χ3v) is 4.58. The van der Waals surface area contributed by atoms with E-state index < -0.39 is 0 Å². The SMILES string of the molecule is COc1ccc(NC(=O)N2CCN(c3ccccc3C#N)CC2)c(OC)c1. The second-order valence-corrected chi connectivity index (χ2v) is 6.10. The number of anilines is 2. The van der Waals surface area contributed by atoms with E-state index in [1.165, 1.54) is 0 Å². The second kappa shape index (κ2) is 8.32.